The smallest absolute Gasteiger partial charge is 0.170 e. The summed E-state index contributed by atoms with van der Waals surface area (Å²) in [6.45, 7) is 7.81. The second kappa shape index (κ2) is 5.16. The molecule has 4 fully saturated rings. The Morgan fingerprint density at radius 3 is 2.40 bits per heavy atom. The zero-order chi connectivity index (χ0) is 18.4. The lowest BCUT2D eigenvalue weighted by Crippen LogP contribution is -2.69. The Kier molecular flexibility index (Phi) is 3.64. The van der Waals surface area contributed by atoms with Crippen LogP contribution in [0, 0.1) is 34.0 Å². The van der Waals surface area contributed by atoms with Gasteiger partial charge < -0.3 is 20.4 Å². The molecule has 0 aromatic rings. The molecule has 4 saturated carbocycles. The molecule has 4 N–H and O–H groups in total. The molecule has 25 heavy (non-hydrogen) atoms. The first-order valence-electron chi connectivity index (χ1n) is 9.54. The molecule has 140 valence electrons. The van der Waals surface area contributed by atoms with E-state index in [0.717, 1.165) is 12.8 Å². The largest absolute Gasteiger partial charge is 0.396 e. The molecule has 0 radical (unpaired) electrons. The van der Waals surface area contributed by atoms with Gasteiger partial charge in [-0.25, -0.2) is 0 Å². The summed E-state index contributed by atoms with van der Waals surface area (Å²) >= 11 is 0. The predicted molar refractivity (Wildman–Crippen MR) is 91.5 cm³/mol. The van der Waals surface area contributed by atoms with Crippen molar-refractivity contribution < 1.29 is 25.2 Å². The van der Waals surface area contributed by atoms with E-state index >= 15 is 0 Å². The van der Waals surface area contributed by atoms with Crippen molar-refractivity contribution in [2.45, 2.75) is 64.3 Å². The van der Waals surface area contributed by atoms with Crippen LogP contribution in [0.4, 0.5) is 0 Å². The second-order valence-corrected chi connectivity index (χ2v) is 9.50. The fourth-order valence-electron chi connectivity index (χ4n) is 7.37. The van der Waals surface area contributed by atoms with Crippen molar-refractivity contribution in [3.8, 4) is 0 Å². The maximum atomic E-state index is 13.2. The molecule has 5 nitrogen and oxygen atoms in total. The van der Waals surface area contributed by atoms with Crippen LogP contribution >= 0.6 is 0 Å². The van der Waals surface area contributed by atoms with E-state index in [9.17, 15) is 25.2 Å². The number of rotatable bonds is 1. The van der Waals surface area contributed by atoms with Gasteiger partial charge in [0.25, 0.3) is 0 Å². The van der Waals surface area contributed by atoms with E-state index in [0.29, 0.717) is 24.8 Å². The molecule has 5 heteroatoms. The molecule has 9 atom stereocenters. The summed E-state index contributed by atoms with van der Waals surface area (Å²) in [5.41, 5.74) is -1.68. The van der Waals surface area contributed by atoms with Gasteiger partial charge in [0.05, 0.1) is 30.3 Å². The quantitative estimate of drug-likeness (QED) is 0.530. The van der Waals surface area contributed by atoms with Gasteiger partial charge in [-0.1, -0.05) is 20.4 Å². The normalized spacial score (nSPS) is 58.0. The monoisotopic (exact) mass is 350 g/mol. The van der Waals surface area contributed by atoms with Crippen molar-refractivity contribution in [3.05, 3.63) is 12.2 Å². The Balaban J connectivity index is 1.87. The standard InChI is InChI=1S/C20H30O5/c1-10-11-4-5-12-18(2)7-6-14(22)19(3,9-21)13(18)8-15(23)20(12,16(10)24)17(11)25/h11-15,17,21-23,25H,1,4-9H2,2-3H3/t11-,12-,13-,14+,15-,17+,18-,19+,20-/m0/s1. The van der Waals surface area contributed by atoms with Gasteiger partial charge in [-0.05, 0) is 54.9 Å². The van der Waals surface area contributed by atoms with E-state index in [1.54, 1.807) is 0 Å². The van der Waals surface area contributed by atoms with Crippen molar-refractivity contribution in [3.63, 3.8) is 0 Å². The van der Waals surface area contributed by atoms with E-state index in [4.69, 9.17) is 0 Å². The van der Waals surface area contributed by atoms with Gasteiger partial charge in [-0.15, -0.1) is 0 Å². The minimum absolute atomic E-state index is 0.0928. The first-order valence-corrected chi connectivity index (χ1v) is 9.54. The molecule has 4 aliphatic carbocycles. The number of carbonyl (C=O) groups is 1. The van der Waals surface area contributed by atoms with Crippen LogP contribution in [0.25, 0.3) is 0 Å². The van der Waals surface area contributed by atoms with Gasteiger partial charge >= 0.3 is 0 Å². The van der Waals surface area contributed by atoms with Crippen LogP contribution in [0.5, 0.6) is 0 Å². The van der Waals surface area contributed by atoms with E-state index in [1.165, 1.54) is 0 Å². The minimum atomic E-state index is -1.15. The van der Waals surface area contributed by atoms with Gasteiger partial charge in [0.1, 0.15) is 0 Å². The molecule has 4 aliphatic rings. The summed E-state index contributed by atoms with van der Waals surface area (Å²) < 4.78 is 0. The van der Waals surface area contributed by atoms with Crippen molar-refractivity contribution in [2.75, 3.05) is 6.61 Å². The Hall–Kier alpha value is -0.750. The van der Waals surface area contributed by atoms with Crippen LogP contribution in [-0.4, -0.2) is 51.1 Å². The number of carbonyl (C=O) groups excluding carboxylic acids is 1. The van der Waals surface area contributed by atoms with Gasteiger partial charge in [-0.3, -0.25) is 4.79 Å². The zero-order valence-electron chi connectivity index (χ0n) is 15.1. The van der Waals surface area contributed by atoms with Crippen LogP contribution in [0.2, 0.25) is 0 Å². The SMILES string of the molecule is C=C1C(=O)[C@]23[C@H](O)[C@H]1CC[C@H]2[C@]1(C)CC[C@@H](O)[C@](C)(CO)[C@H]1C[C@@H]3O. The van der Waals surface area contributed by atoms with Crippen molar-refractivity contribution in [2.24, 2.45) is 34.0 Å². The molecular weight excluding hydrogens is 320 g/mol. The Morgan fingerprint density at radius 2 is 1.76 bits per heavy atom. The summed E-state index contributed by atoms with van der Waals surface area (Å²) in [6, 6.07) is 0. The van der Waals surface area contributed by atoms with Crippen molar-refractivity contribution in [1.82, 2.24) is 0 Å². The van der Waals surface area contributed by atoms with Gasteiger partial charge in [-0.2, -0.15) is 0 Å². The third kappa shape index (κ3) is 1.76. The molecule has 0 saturated heterocycles. The van der Waals surface area contributed by atoms with Crippen LogP contribution in [0.15, 0.2) is 12.2 Å². The summed E-state index contributed by atoms with van der Waals surface area (Å²) in [5, 5.41) is 42.8. The Bertz CT molecular complexity index is 632. The molecule has 0 aromatic carbocycles. The number of aliphatic hydroxyl groups excluding tert-OH is 4. The minimum Gasteiger partial charge on any atom is -0.396 e. The fraction of sp³-hybridized carbons (Fsp3) is 0.850. The molecule has 0 aliphatic heterocycles. The van der Waals surface area contributed by atoms with Crippen LogP contribution < -0.4 is 0 Å². The molecule has 2 bridgehead atoms. The zero-order valence-corrected chi connectivity index (χ0v) is 15.1. The summed E-state index contributed by atoms with van der Waals surface area (Å²) in [4.78, 5) is 13.2. The lowest BCUT2D eigenvalue weighted by atomic mass is 9.39. The van der Waals surface area contributed by atoms with Crippen LogP contribution in [0.3, 0.4) is 0 Å². The van der Waals surface area contributed by atoms with Gasteiger partial charge in [0, 0.05) is 11.3 Å². The third-order valence-electron chi connectivity index (χ3n) is 8.80. The highest BCUT2D eigenvalue weighted by atomic mass is 16.3. The lowest BCUT2D eigenvalue weighted by Gasteiger charge is -2.66. The molecule has 0 heterocycles. The highest BCUT2D eigenvalue weighted by Crippen LogP contribution is 2.70. The lowest BCUT2D eigenvalue weighted by molar-refractivity contribution is -0.246. The second-order valence-electron chi connectivity index (χ2n) is 9.50. The average molecular weight is 350 g/mol. The molecule has 4 rings (SSSR count). The molecule has 0 unspecified atom stereocenters. The first-order chi connectivity index (χ1) is 11.7. The van der Waals surface area contributed by atoms with Gasteiger partial charge in [0.15, 0.2) is 5.78 Å². The van der Waals surface area contributed by atoms with E-state index in [2.05, 4.69) is 13.5 Å². The van der Waals surface area contributed by atoms with Gasteiger partial charge in [0.2, 0.25) is 0 Å². The Morgan fingerprint density at radius 1 is 1.08 bits per heavy atom. The maximum Gasteiger partial charge on any atom is 0.170 e. The number of ketones is 1. The first kappa shape index (κ1) is 17.7. The molecule has 0 aromatic heterocycles. The van der Waals surface area contributed by atoms with Crippen molar-refractivity contribution in [1.29, 1.82) is 0 Å². The predicted octanol–water partition coefficient (Wildman–Crippen LogP) is 1.04. The highest BCUT2D eigenvalue weighted by molar-refractivity contribution is 6.04. The highest BCUT2D eigenvalue weighted by Gasteiger charge is 2.74. The Labute approximate surface area is 148 Å². The van der Waals surface area contributed by atoms with Crippen LogP contribution in [-0.2, 0) is 4.79 Å². The van der Waals surface area contributed by atoms with E-state index in [-0.39, 0.29) is 35.6 Å². The van der Waals surface area contributed by atoms with E-state index in [1.807, 2.05) is 6.92 Å². The van der Waals surface area contributed by atoms with Crippen LogP contribution in [0.1, 0.15) is 46.0 Å². The molecule has 1 spiro atoms. The van der Waals surface area contributed by atoms with E-state index < -0.39 is 29.1 Å². The number of hydrogen-bond acceptors (Lipinski definition) is 5. The molecular formula is C20H30O5. The third-order valence-corrected chi connectivity index (χ3v) is 8.80. The number of aliphatic hydroxyl groups is 4. The summed E-state index contributed by atoms with van der Waals surface area (Å²) in [6.07, 6.45) is 0.672. The maximum absolute atomic E-state index is 13.2. The molecule has 0 amide bonds. The summed E-state index contributed by atoms with van der Waals surface area (Å²) in [7, 11) is 0. The number of fused-ring (bicyclic) bond motifs is 3. The fourth-order valence-corrected chi connectivity index (χ4v) is 7.37. The average Bonchev–Trinajstić information content (AvgIpc) is 2.70. The number of hydrogen-bond donors (Lipinski definition) is 4. The summed E-state index contributed by atoms with van der Waals surface area (Å²) in [5.74, 6) is -0.636. The van der Waals surface area contributed by atoms with Crippen molar-refractivity contribution >= 4 is 5.78 Å². The topological polar surface area (TPSA) is 98.0 Å². The number of Topliss-reactive ketones (excluding diaryl/α,β-unsaturated/α-hetero) is 1.